The molecule has 0 atom stereocenters. The van der Waals surface area contributed by atoms with Crippen LogP contribution in [0.1, 0.15) is 5.69 Å². The van der Waals surface area contributed by atoms with Gasteiger partial charge in [-0.3, -0.25) is 10.1 Å². The van der Waals surface area contributed by atoms with Gasteiger partial charge in [0.15, 0.2) is 5.69 Å². The Labute approximate surface area is 108 Å². The number of hydrogen-bond donors (Lipinski definition) is 1. The van der Waals surface area contributed by atoms with E-state index in [9.17, 15) is 14.5 Å². The molecule has 19 heavy (non-hydrogen) atoms. The molecule has 6 nitrogen and oxygen atoms in total. The lowest BCUT2D eigenvalue weighted by atomic mass is 10.1. The Morgan fingerprint density at radius 2 is 2.00 bits per heavy atom. The number of halogens is 1. The minimum Gasteiger partial charge on any atom is -0.357 e. The van der Waals surface area contributed by atoms with Gasteiger partial charge in [-0.25, -0.2) is 14.4 Å². The lowest BCUT2D eigenvalue weighted by Crippen LogP contribution is -2.05. The molecule has 0 radical (unpaired) electrons. The van der Waals surface area contributed by atoms with Gasteiger partial charge in [-0.1, -0.05) is 12.1 Å². The zero-order valence-electron chi connectivity index (χ0n) is 10.3. The summed E-state index contributed by atoms with van der Waals surface area (Å²) >= 11 is 0. The predicted molar refractivity (Wildman–Crippen MR) is 68.4 cm³/mol. The highest BCUT2D eigenvalue weighted by atomic mass is 19.1. The smallest absolute Gasteiger partial charge is 0.316 e. The van der Waals surface area contributed by atoms with Crippen molar-refractivity contribution < 1.29 is 9.31 Å². The monoisotopic (exact) mass is 262 g/mol. The molecule has 1 heterocycles. The largest absolute Gasteiger partial charge is 0.357 e. The second kappa shape index (κ2) is 4.97. The van der Waals surface area contributed by atoms with E-state index in [-0.39, 0.29) is 28.6 Å². The van der Waals surface area contributed by atoms with Crippen molar-refractivity contribution >= 4 is 11.6 Å². The van der Waals surface area contributed by atoms with E-state index in [1.165, 1.54) is 25.1 Å². The molecule has 0 aliphatic carbocycles. The van der Waals surface area contributed by atoms with Gasteiger partial charge in [0.25, 0.3) is 0 Å². The van der Waals surface area contributed by atoms with Gasteiger partial charge in [-0.2, -0.15) is 0 Å². The third-order valence-electron chi connectivity index (χ3n) is 2.59. The summed E-state index contributed by atoms with van der Waals surface area (Å²) in [7, 11) is 1.59. The summed E-state index contributed by atoms with van der Waals surface area (Å²) in [6.45, 7) is 1.49. The van der Waals surface area contributed by atoms with Crippen LogP contribution in [-0.2, 0) is 0 Å². The van der Waals surface area contributed by atoms with Crippen molar-refractivity contribution in [2.75, 3.05) is 12.4 Å². The fourth-order valence-corrected chi connectivity index (χ4v) is 1.74. The number of rotatable bonds is 3. The minimum absolute atomic E-state index is 0.0278. The highest BCUT2D eigenvalue weighted by Gasteiger charge is 2.24. The molecule has 7 heteroatoms. The van der Waals surface area contributed by atoms with E-state index in [2.05, 4.69) is 15.3 Å². The summed E-state index contributed by atoms with van der Waals surface area (Å²) < 4.78 is 13.8. The Balaban J connectivity index is 2.77. The van der Waals surface area contributed by atoms with Crippen LogP contribution in [0.4, 0.5) is 16.0 Å². The van der Waals surface area contributed by atoms with Crippen molar-refractivity contribution in [3.63, 3.8) is 0 Å². The Hall–Kier alpha value is -2.57. The lowest BCUT2D eigenvalue weighted by molar-refractivity contribution is -0.385. The zero-order valence-corrected chi connectivity index (χ0v) is 10.3. The number of nitrogens with zero attached hydrogens (tertiary/aromatic N) is 3. The number of aryl methyl sites for hydroxylation is 1. The first-order valence-corrected chi connectivity index (χ1v) is 5.50. The average Bonchev–Trinajstić information content (AvgIpc) is 2.37. The van der Waals surface area contributed by atoms with Crippen molar-refractivity contribution in [2.45, 2.75) is 6.92 Å². The Morgan fingerprint density at radius 1 is 1.32 bits per heavy atom. The van der Waals surface area contributed by atoms with Gasteiger partial charge >= 0.3 is 5.69 Å². The first kappa shape index (κ1) is 12.9. The number of nitro groups is 1. The van der Waals surface area contributed by atoms with Crippen LogP contribution in [-0.4, -0.2) is 21.9 Å². The molecule has 0 spiro atoms. The van der Waals surface area contributed by atoms with Crippen molar-refractivity contribution in [2.24, 2.45) is 0 Å². The molecule has 0 amide bonds. The molecular formula is C12H11FN4O2. The van der Waals surface area contributed by atoms with Gasteiger partial charge < -0.3 is 5.32 Å². The van der Waals surface area contributed by atoms with E-state index in [1.54, 1.807) is 13.1 Å². The molecule has 1 aromatic heterocycles. The normalized spacial score (nSPS) is 10.3. The van der Waals surface area contributed by atoms with Crippen LogP contribution in [0, 0.1) is 22.9 Å². The number of benzene rings is 1. The van der Waals surface area contributed by atoms with E-state index in [4.69, 9.17) is 0 Å². The lowest BCUT2D eigenvalue weighted by Gasteiger charge is -2.07. The summed E-state index contributed by atoms with van der Waals surface area (Å²) in [6.07, 6.45) is 0. The Morgan fingerprint density at radius 3 is 2.58 bits per heavy atom. The zero-order chi connectivity index (χ0) is 14.0. The van der Waals surface area contributed by atoms with Crippen molar-refractivity contribution in [1.29, 1.82) is 0 Å². The Bertz CT molecular complexity index is 646. The van der Waals surface area contributed by atoms with Crippen LogP contribution in [0.15, 0.2) is 24.3 Å². The first-order chi connectivity index (χ1) is 9.04. The summed E-state index contributed by atoms with van der Waals surface area (Å²) in [5.41, 5.74) is -0.0529. The molecule has 0 bridgehead atoms. The van der Waals surface area contributed by atoms with Crippen molar-refractivity contribution in [3.8, 4) is 11.3 Å². The molecule has 0 aliphatic rings. The summed E-state index contributed by atoms with van der Waals surface area (Å²) in [5.74, 6) is -0.355. The third kappa shape index (κ3) is 2.35. The van der Waals surface area contributed by atoms with E-state index in [0.29, 0.717) is 0 Å². The maximum atomic E-state index is 13.8. The maximum absolute atomic E-state index is 13.8. The van der Waals surface area contributed by atoms with Crippen LogP contribution >= 0.6 is 0 Å². The summed E-state index contributed by atoms with van der Waals surface area (Å²) in [6, 6.07) is 5.79. The molecule has 0 saturated carbocycles. The molecule has 2 rings (SSSR count). The van der Waals surface area contributed by atoms with Crippen molar-refractivity contribution in [1.82, 2.24) is 9.97 Å². The van der Waals surface area contributed by atoms with E-state index in [0.717, 1.165) is 0 Å². The van der Waals surface area contributed by atoms with Crippen LogP contribution in [0.5, 0.6) is 0 Å². The maximum Gasteiger partial charge on any atom is 0.316 e. The molecule has 2 aromatic rings. The topological polar surface area (TPSA) is 81.0 Å². The summed E-state index contributed by atoms with van der Waals surface area (Å²) in [4.78, 5) is 18.5. The van der Waals surface area contributed by atoms with E-state index in [1.807, 2.05) is 0 Å². The van der Waals surface area contributed by atoms with Gasteiger partial charge in [0.05, 0.1) is 4.92 Å². The first-order valence-electron chi connectivity index (χ1n) is 5.50. The molecule has 0 saturated heterocycles. The molecule has 1 aromatic carbocycles. The van der Waals surface area contributed by atoms with Crippen LogP contribution in [0.3, 0.4) is 0 Å². The number of nitrogens with one attached hydrogen (secondary N) is 1. The molecule has 98 valence electrons. The highest BCUT2D eigenvalue weighted by molar-refractivity contribution is 5.72. The van der Waals surface area contributed by atoms with Crippen molar-refractivity contribution in [3.05, 3.63) is 45.9 Å². The second-order valence-corrected chi connectivity index (χ2v) is 3.82. The van der Waals surface area contributed by atoms with Gasteiger partial charge in [-0.15, -0.1) is 0 Å². The molecular weight excluding hydrogens is 251 g/mol. The number of anilines is 1. The fraction of sp³-hybridized carbons (Fsp3) is 0.167. The highest BCUT2D eigenvalue weighted by Crippen LogP contribution is 2.32. The standard InChI is InChI=1S/C12H11FN4O2/c1-7-11(17(18)19)10(16-12(14-2)15-7)8-5-3-4-6-9(8)13/h3-6H,1-2H3,(H,14,15,16). The molecule has 0 aliphatic heterocycles. The van der Waals surface area contributed by atoms with Gasteiger partial charge in [0.1, 0.15) is 11.5 Å². The Kier molecular flexibility index (Phi) is 3.37. The third-order valence-corrected chi connectivity index (χ3v) is 2.59. The molecule has 1 N–H and O–H groups in total. The van der Waals surface area contributed by atoms with Gasteiger partial charge in [0, 0.05) is 12.6 Å². The number of aromatic nitrogens is 2. The average molecular weight is 262 g/mol. The van der Waals surface area contributed by atoms with Crippen LogP contribution in [0.2, 0.25) is 0 Å². The van der Waals surface area contributed by atoms with Crippen LogP contribution < -0.4 is 5.32 Å². The van der Waals surface area contributed by atoms with Gasteiger partial charge in [0.2, 0.25) is 5.95 Å². The fourth-order valence-electron chi connectivity index (χ4n) is 1.74. The van der Waals surface area contributed by atoms with E-state index < -0.39 is 10.7 Å². The minimum atomic E-state index is -0.601. The number of hydrogen-bond acceptors (Lipinski definition) is 5. The molecule has 0 unspecified atom stereocenters. The quantitative estimate of drug-likeness (QED) is 0.679. The van der Waals surface area contributed by atoms with E-state index >= 15 is 0 Å². The summed E-state index contributed by atoms with van der Waals surface area (Å²) in [5, 5.41) is 13.8. The SMILES string of the molecule is CNc1nc(C)c([N+](=O)[O-])c(-c2ccccc2F)n1. The molecule has 0 fully saturated rings. The van der Waals surface area contributed by atoms with Gasteiger partial charge in [-0.05, 0) is 19.1 Å². The predicted octanol–water partition coefficient (Wildman–Crippen LogP) is 2.54. The van der Waals surface area contributed by atoms with Crippen LogP contribution in [0.25, 0.3) is 11.3 Å². The second-order valence-electron chi connectivity index (χ2n) is 3.82.